The predicted molar refractivity (Wildman–Crippen MR) is 125 cm³/mol. The Morgan fingerprint density at radius 1 is 0.969 bits per heavy atom. The molecule has 2 aliphatic carbocycles. The Labute approximate surface area is 192 Å². The third-order valence-corrected chi connectivity index (χ3v) is 7.48. The van der Waals surface area contributed by atoms with Crippen molar-refractivity contribution in [2.75, 3.05) is 23.7 Å². The van der Waals surface area contributed by atoms with Crippen LogP contribution in [0.5, 0.6) is 0 Å². The van der Waals surface area contributed by atoms with E-state index in [0.29, 0.717) is 11.8 Å². The summed E-state index contributed by atoms with van der Waals surface area (Å²) in [6, 6.07) is 12.7. The highest BCUT2D eigenvalue weighted by atomic mass is 32.2. The summed E-state index contributed by atoms with van der Waals surface area (Å²) in [4.78, 5) is 26.9. The molecular weight excluding hydrogens is 422 g/mol. The number of hydrogen-bond donors (Lipinski definition) is 2. The van der Waals surface area contributed by atoms with Gasteiger partial charge in [-0.05, 0) is 61.8 Å². The first-order valence-electron chi connectivity index (χ1n) is 11.5. The van der Waals surface area contributed by atoms with Gasteiger partial charge in [-0.15, -0.1) is 10.2 Å². The van der Waals surface area contributed by atoms with Crippen molar-refractivity contribution < 1.29 is 9.59 Å². The number of carbonyl (C=O) groups excluding carboxylic acids is 2. The van der Waals surface area contributed by atoms with Crippen LogP contribution in [0.25, 0.3) is 0 Å². The van der Waals surface area contributed by atoms with E-state index in [2.05, 4.69) is 43.9 Å². The summed E-state index contributed by atoms with van der Waals surface area (Å²) < 4.78 is 0. The molecule has 0 spiro atoms. The largest absolute Gasteiger partial charge is 0.355 e. The number of carbonyl (C=O) groups is 2. The van der Waals surface area contributed by atoms with E-state index < -0.39 is 0 Å². The smallest absolute Gasteiger partial charge is 0.230 e. The molecule has 168 valence electrons. The lowest BCUT2D eigenvalue weighted by Crippen LogP contribution is -2.41. The molecule has 2 fully saturated rings. The van der Waals surface area contributed by atoms with Crippen molar-refractivity contribution in [1.82, 2.24) is 20.8 Å². The van der Waals surface area contributed by atoms with Crippen LogP contribution in [-0.4, -0.2) is 46.9 Å². The van der Waals surface area contributed by atoms with E-state index >= 15 is 0 Å². The summed E-state index contributed by atoms with van der Waals surface area (Å²) in [5.41, 5.74) is 2.57. The Kier molecular flexibility index (Phi) is 6.30. The summed E-state index contributed by atoms with van der Waals surface area (Å²) in [5.74, 6) is 1.51. The van der Waals surface area contributed by atoms with Crippen LogP contribution in [0.2, 0.25) is 0 Å². The SMILES string of the molecule is O=C(CSc1ccc(N2CCC(C(=O)NC3CC3)CC2)nn1)NC1CCc2ccccc21. The minimum absolute atomic E-state index is 0.0223. The normalized spacial score (nSPS) is 20.6. The molecule has 3 aliphatic rings. The highest BCUT2D eigenvalue weighted by molar-refractivity contribution is 7.99. The van der Waals surface area contributed by atoms with E-state index in [1.165, 1.54) is 22.9 Å². The van der Waals surface area contributed by atoms with E-state index in [1.807, 2.05) is 18.2 Å². The first-order valence-corrected chi connectivity index (χ1v) is 12.5. The molecule has 2 amide bonds. The maximum atomic E-state index is 12.4. The maximum Gasteiger partial charge on any atom is 0.230 e. The summed E-state index contributed by atoms with van der Waals surface area (Å²) >= 11 is 1.41. The van der Waals surface area contributed by atoms with Crippen molar-refractivity contribution in [1.29, 1.82) is 0 Å². The Bertz CT molecular complexity index is 971. The van der Waals surface area contributed by atoms with Crippen molar-refractivity contribution in [3.05, 3.63) is 47.5 Å². The minimum Gasteiger partial charge on any atom is -0.355 e. The molecule has 5 rings (SSSR count). The van der Waals surface area contributed by atoms with Crippen LogP contribution >= 0.6 is 11.8 Å². The molecule has 2 N–H and O–H groups in total. The average molecular weight is 452 g/mol. The fraction of sp³-hybridized carbons (Fsp3) is 0.500. The topological polar surface area (TPSA) is 87.2 Å². The van der Waals surface area contributed by atoms with Crippen LogP contribution < -0.4 is 15.5 Å². The van der Waals surface area contributed by atoms with E-state index in [-0.39, 0.29) is 23.8 Å². The number of rotatable bonds is 7. The molecule has 0 bridgehead atoms. The van der Waals surface area contributed by atoms with Gasteiger partial charge in [-0.1, -0.05) is 36.0 Å². The van der Waals surface area contributed by atoms with Crippen molar-refractivity contribution in [2.45, 2.75) is 55.6 Å². The molecule has 2 heterocycles. The van der Waals surface area contributed by atoms with Gasteiger partial charge in [-0.3, -0.25) is 9.59 Å². The number of nitrogens with one attached hydrogen (secondary N) is 2. The van der Waals surface area contributed by atoms with Gasteiger partial charge < -0.3 is 15.5 Å². The van der Waals surface area contributed by atoms with Gasteiger partial charge in [-0.2, -0.15) is 0 Å². The number of piperidine rings is 1. The Morgan fingerprint density at radius 2 is 1.78 bits per heavy atom. The van der Waals surface area contributed by atoms with Crippen molar-refractivity contribution in [3.63, 3.8) is 0 Å². The molecule has 1 unspecified atom stereocenters. The quantitative estimate of drug-likeness (QED) is 0.630. The maximum absolute atomic E-state index is 12.4. The highest BCUT2D eigenvalue weighted by Crippen LogP contribution is 2.31. The number of nitrogens with zero attached hydrogens (tertiary/aromatic N) is 3. The lowest BCUT2D eigenvalue weighted by atomic mass is 9.96. The van der Waals surface area contributed by atoms with Gasteiger partial charge in [0, 0.05) is 25.0 Å². The van der Waals surface area contributed by atoms with Crippen LogP contribution in [0.4, 0.5) is 5.82 Å². The van der Waals surface area contributed by atoms with Crippen LogP contribution in [0, 0.1) is 5.92 Å². The van der Waals surface area contributed by atoms with Crippen molar-refractivity contribution in [2.24, 2.45) is 5.92 Å². The summed E-state index contributed by atoms with van der Waals surface area (Å²) in [6.07, 6.45) is 5.93. The molecule has 1 saturated heterocycles. The Hall–Kier alpha value is -2.61. The minimum atomic E-state index is 0.0223. The van der Waals surface area contributed by atoms with Crippen LogP contribution in [0.15, 0.2) is 41.4 Å². The predicted octanol–water partition coefficient (Wildman–Crippen LogP) is 2.87. The fourth-order valence-corrected chi connectivity index (χ4v) is 5.18. The molecule has 1 aromatic heterocycles. The summed E-state index contributed by atoms with van der Waals surface area (Å²) in [7, 11) is 0. The zero-order valence-corrected chi connectivity index (χ0v) is 18.9. The highest BCUT2D eigenvalue weighted by Gasteiger charge is 2.30. The van der Waals surface area contributed by atoms with E-state index in [1.54, 1.807) is 0 Å². The second-order valence-electron chi connectivity index (χ2n) is 8.92. The van der Waals surface area contributed by atoms with Gasteiger partial charge in [0.1, 0.15) is 5.03 Å². The molecule has 1 saturated carbocycles. The number of fused-ring (bicyclic) bond motifs is 1. The number of hydrogen-bond acceptors (Lipinski definition) is 6. The van der Waals surface area contributed by atoms with Gasteiger partial charge in [0.15, 0.2) is 5.82 Å². The molecule has 2 aromatic rings. The van der Waals surface area contributed by atoms with E-state index in [4.69, 9.17) is 0 Å². The fourth-order valence-electron chi connectivity index (χ4n) is 4.56. The Balaban J connectivity index is 1.07. The first-order chi connectivity index (χ1) is 15.7. The molecule has 7 nitrogen and oxygen atoms in total. The molecule has 1 atom stereocenters. The van der Waals surface area contributed by atoms with Crippen LogP contribution in [0.1, 0.15) is 49.3 Å². The van der Waals surface area contributed by atoms with Crippen molar-refractivity contribution in [3.8, 4) is 0 Å². The first kappa shape index (κ1) is 21.2. The van der Waals surface area contributed by atoms with Crippen molar-refractivity contribution >= 4 is 29.4 Å². The number of aryl methyl sites for hydroxylation is 1. The second-order valence-corrected chi connectivity index (χ2v) is 9.92. The molecule has 32 heavy (non-hydrogen) atoms. The third kappa shape index (κ3) is 5.06. The van der Waals surface area contributed by atoms with Crippen LogP contribution in [-0.2, 0) is 16.0 Å². The zero-order chi connectivity index (χ0) is 21.9. The summed E-state index contributed by atoms with van der Waals surface area (Å²) in [6.45, 7) is 1.63. The van der Waals surface area contributed by atoms with Gasteiger partial charge in [0.2, 0.25) is 11.8 Å². The standard InChI is InChI=1S/C24H29N5O2S/c30-22(26-20-8-5-16-3-1-2-4-19(16)20)15-32-23-10-9-21(27-28-23)29-13-11-17(12-14-29)24(31)25-18-6-7-18/h1-4,9-10,17-18,20H,5-8,11-15H2,(H,25,31)(H,26,30). The monoisotopic (exact) mass is 451 g/mol. The van der Waals surface area contributed by atoms with Gasteiger partial charge in [0.05, 0.1) is 11.8 Å². The number of aromatic nitrogens is 2. The molecule has 1 aliphatic heterocycles. The number of amides is 2. The number of benzene rings is 1. The number of thioether (sulfide) groups is 1. The lowest BCUT2D eigenvalue weighted by molar-refractivity contribution is -0.125. The average Bonchev–Trinajstić information content (AvgIpc) is 3.56. The van der Waals surface area contributed by atoms with E-state index in [9.17, 15) is 9.59 Å². The van der Waals surface area contributed by atoms with Gasteiger partial charge >= 0.3 is 0 Å². The van der Waals surface area contributed by atoms with Crippen LogP contribution in [0.3, 0.4) is 0 Å². The molecule has 0 radical (unpaired) electrons. The van der Waals surface area contributed by atoms with Gasteiger partial charge in [-0.25, -0.2) is 0 Å². The van der Waals surface area contributed by atoms with E-state index in [0.717, 1.165) is 62.5 Å². The zero-order valence-electron chi connectivity index (χ0n) is 18.1. The lowest BCUT2D eigenvalue weighted by Gasteiger charge is -2.31. The number of anilines is 1. The molecule has 1 aromatic carbocycles. The molecule has 8 heteroatoms. The Morgan fingerprint density at radius 3 is 2.53 bits per heavy atom. The molecular formula is C24H29N5O2S. The third-order valence-electron chi connectivity index (χ3n) is 6.56. The van der Waals surface area contributed by atoms with Gasteiger partial charge in [0.25, 0.3) is 0 Å². The summed E-state index contributed by atoms with van der Waals surface area (Å²) in [5, 5.41) is 15.7. The second kappa shape index (κ2) is 9.48.